The zero-order chi connectivity index (χ0) is 11.8. The Hall–Kier alpha value is -1.80. The van der Waals surface area contributed by atoms with Crippen molar-refractivity contribution >= 4 is 24.3 Å². The second-order valence-corrected chi connectivity index (χ2v) is 2.66. The quantitative estimate of drug-likeness (QED) is 0.285. The van der Waals surface area contributed by atoms with Crippen LogP contribution in [-0.4, -0.2) is 33.0 Å². The number of H-pyrrole nitrogens is 1. The van der Waals surface area contributed by atoms with Gasteiger partial charge in [-0.05, 0) is 0 Å². The summed E-state index contributed by atoms with van der Waals surface area (Å²) in [6.07, 6.45) is 3.38. The number of aromatic nitrogens is 2. The number of guanidine groups is 1. The van der Waals surface area contributed by atoms with Crippen LogP contribution in [0.5, 0.6) is 0 Å². The standard InChI is InChI=1S/C6H9N3O2.CH5N3.ClH/c7-5(6(10)11)1-4-2-8-3-9-4;2-1(3)4;/h2-3,5H,1,7H2,(H,8,9)(H,10,11);(H5,2,3,4);1H. The number of hydrogen-bond acceptors (Lipinski definition) is 4. The third-order valence-electron chi connectivity index (χ3n) is 1.30. The zero-order valence-electron chi connectivity index (χ0n) is 8.38. The summed E-state index contributed by atoms with van der Waals surface area (Å²) < 4.78 is 0. The molecule has 9 N–H and O–H groups in total. The molecule has 0 spiro atoms. The molecule has 0 saturated heterocycles. The maximum atomic E-state index is 10.3. The van der Waals surface area contributed by atoms with Crippen molar-refractivity contribution in [2.75, 3.05) is 0 Å². The normalized spacial score (nSPS) is 10.3. The minimum Gasteiger partial charge on any atom is -0.480 e. The SMILES string of the molecule is Cl.N=C(N)N.NC(Cc1c[nH]cn1)C(=O)O. The Bertz CT molecular complexity index is 311. The van der Waals surface area contributed by atoms with E-state index < -0.39 is 12.0 Å². The number of halogens is 1. The Morgan fingerprint density at radius 3 is 2.44 bits per heavy atom. The zero-order valence-corrected chi connectivity index (χ0v) is 9.20. The van der Waals surface area contributed by atoms with Crippen molar-refractivity contribution in [1.82, 2.24) is 9.97 Å². The van der Waals surface area contributed by atoms with Crippen LogP contribution in [0.2, 0.25) is 0 Å². The van der Waals surface area contributed by atoms with Crippen LogP contribution in [0.3, 0.4) is 0 Å². The van der Waals surface area contributed by atoms with E-state index in [1.165, 1.54) is 6.33 Å². The van der Waals surface area contributed by atoms with Crippen molar-refractivity contribution in [2.24, 2.45) is 17.2 Å². The third-order valence-corrected chi connectivity index (χ3v) is 1.30. The van der Waals surface area contributed by atoms with Crippen LogP contribution in [0.4, 0.5) is 0 Å². The maximum Gasteiger partial charge on any atom is 0.320 e. The lowest BCUT2D eigenvalue weighted by molar-refractivity contribution is -0.138. The molecule has 92 valence electrons. The largest absolute Gasteiger partial charge is 0.480 e. The van der Waals surface area contributed by atoms with E-state index in [1.54, 1.807) is 6.20 Å². The number of nitrogens with zero attached hydrogens (tertiary/aromatic N) is 1. The van der Waals surface area contributed by atoms with E-state index in [2.05, 4.69) is 21.4 Å². The molecule has 1 heterocycles. The van der Waals surface area contributed by atoms with Crippen molar-refractivity contribution in [1.29, 1.82) is 5.41 Å². The van der Waals surface area contributed by atoms with Gasteiger partial charge in [-0.3, -0.25) is 10.2 Å². The molecule has 0 aliphatic heterocycles. The average Bonchev–Trinajstić information content (AvgIpc) is 2.55. The van der Waals surface area contributed by atoms with Crippen LogP contribution in [0.25, 0.3) is 0 Å². The topological polar surface area (TPSA) is 168 Å². The van der Waals surface area contributed by atoms with Crippen molar-refractivity contribution in [3.8, 4) is 0 Å². The van der Waals surface area contributed by atoms with Crippen molar-refractivity contribution in [3.05, 3.63) is 18.2 Å². The van der Waals surface area contributed by atoms with E-state index in [4.69, 9.17) is 16.2 Å². The lowest BCUT2D eigenvalue weighted by Gasteiger charge is -2.01. The summed E-state index contributed by atoms with van der Waals surface area (Å²) in [5.41, 5.74) is 14.9. The first-order valence-corrected chi connectivity index (χ1v) is 3.99. The molecule has 0 amide bonds. The number of aliphatic carboxylic acids is 1. The summed E-state index contributed by atoms with van der Waals surface area (Å²) in [7, 11) is 0. The van der Waals surface area contributed by atoms with Gasteiger partial charge in [0.25, 0.3) is 0 Å². The monoisotopic (exact) mass is 250 g/mol. The Kier molecular flexibility index (Phi) is 8.83. The predicted octanol–water partition coefficient (Wildman–Crippen LogP) is -1.38. The van der Waals surface area contributed by atoms with Gasteiger partial charge in [-0.2, -0.15) is 0 Å². The summed E-state index contributed by atoms with van der Waals surface area (Å²) in [5.74, 6) is -1.34. The van der Waals surface area contributed by atoms with Crippen LogP contribution in [0.1, 0.15) is 5.69 Å². The average molecular weight is 251 g/mol. The van der Waals surface area contributed by atoms with Crippen LogP contribution in [0, 0.1) is 5.41 Å². The molecule has 0 bridgehead atoms. The smallest absolute Gasteiger partial charge is 0.320 e. The van der Waals surface area contributed by atoms with Crippen LogP contribution >= 0.6 is 12.4 Å². The summed E-state index contributed by atoms with van der Waals surface area (Å²) in [4.78, 5) is 16.8. The predicted molar refractivity (Wildman–Crippen MR) is 61.3 cm³/mol. The molecule has 0 aliphatic carbocycles. The Morgan fingerprint density at radius 2 is 2.12 bits per heavy atom. The van der Waals surface area contributed by atoms with Crippen molar-refractivity contribution in [3.63, 3.8) is 0 Å². The first kappa shape index (κ1) is 16.6. The lowest BCUT2D eigenvalue weighted by Crippen LogP contribution is -2.32. The third kappa shape index (κ3) is 8.78. The number of carboxylic acids is 1. The Morgan fingerprint density at radius 1 is 1.62 bits per heavy atom. The van der Waals surface area contributed by atoms with E-state index in [0.717, 1.165) is 0 Å². The second-order valence-electron chi connectivity index (χ2n) is 2.66. The van der Waals surface area contributed by atoms with E-state index in [9.17, 15) is 4.79 Å². The van der Waals surface area contributed by atoms with Gasteiger partial charge in [0, 0.05) is 12.6 Å². The molecule has 0 radical (unpaired) electrons. The highest BCUT2D eigenvalue weighted by molar-refractivity contribution is 5.85. The highest BCUT2D eigenvalue weighted by Crippen LogP contribution is 1.95. The van der Waals surface area contributed by atoms with E-state index in [-0.39, 0.29) is 24.8 Å². The fourth-order valence-corrected chi connectivity index (χ4v) is 0.715. The van der Waals surface area contributed by atoms with Gasteiger partial charge in [-0.1, -0.05) is 0 Å². The number of rotatable bonds is 3. The molecule has 9 heteroatoms. The Balaban J connectivity index is 0. The number of nitrogens with two attached hydrogens (primary N) is 3. The molecule has 0 fully saturated rings. The van der Waals surface area contributed by atoms with Crippen LogP contribution < -0.4 is 17.2 Å². The van der Waals surface area contributed by atoms with Gasteiger partial charge >= 0.3 is 5.97 Å². The van der Waals surface area contributed by atoms with Crippen LogP contribution in [0.15, 0.2) is 12.5 Å². The van der Waals surface area contributed by atoms with Crippen molar-refractivity contribution in [2.45, 2.75) is 12.5 Å². The first-order chi connectivity index (χ1) is 6.93. The van der Waals surface area contributed by atoms with Crippen LogP contribution in [-0.2, 0) is 11.2 Å². The highest BCUT2D eigenvalue weighted by atomic mass is 35.5. The summed E-state index contributed by atoms with van der Waals surface area (Å²) >= 11 is 0. The number of carboxylic acid groups (broad SMARTS) is 1. The molecule has 0 aliphatic rings. The number of nitrogens with one attached hydrogen (secondary N) is 2. The minimum absolute atomic E-state index is 0. The molecule has 16 heavy (non-hydrogen) atoms. The molecule has 0 saturated carbocycles. The van der Waals surface area contributed by atoms with Gasteiger partial charge in [0.1, 0.15) is 6.04 Å². The van der Waals surface area contributed by atoms with E-state index in [0.29, 0.717) is 5.69 Å². The number of imidazole rings is 1. The molecule has 1 rings (SSSR count). The minimum atomic E-state index is -1.01. The van der Waals surface area contributed by atoms with Gasteiger partial charge in [-0.15, -0.1) is 12.4 Å². The molecule has 0 aromatic carbocycles. The summed E-state index contributed by atoms with van der Waals surface area (Å²) in [5, 5.41) is 14.5. The number of hydrogen-bond donors (Lipinski definition) is 6. The summed E-state index contributed by atoms with van der Waals surface area (Å²) in [6, 6.07) is -0.863. The van der Waals surface area contributed by atoms with E-state index >= 15 is 0 Å². The molecular weight excluding hydrogens is 236 g/mol. The molecule has 8 nitrogen and oxygen atoms in total. The van der Waals surface area contributed by atoms with Crippen molar-refractivity contribution < 1.29 is 9.90 Å². The van der Waals surface area contributed by atoms with Gasteiger partial charge in [0.15, 0.2) is 5.96 Å². The first-order valence-electron chi connectivity index (χ1n) is 3.99. The fourth-order valence-electron chi connectivity index (χ4n) is 0.715. The number of carbonyl (C=O) groups is 1. The van der Waals surface area contributed by atoms with Gasteiger partial charge < -0.3 is 27.3 Å². The van der Waals surface area contributed by atoms with Gasteiger partial charge in [0.2, 0.25) is 0 Å². The van der Waals surface area contributed by atoms with Gasteiger partial charge in [0.05, 0.1) is 12.0 Å². The lowest BCUT2D eigenvalue weighted by atomic mass is 10.2. The molecule has 1 aromatic heterocycles. The Labute approximate surface area is 98.1 Å². The van der Waals surface area contributed by atoms with E-state index in [1.807, 2.05) is 0 Å². The molecule has 1 unspecified atom stereocenters. The highest BCUT2D eigenvalue weighted by Gasteiger charge is 2.12. The molecule has 1 aromatic rings. The van der Waals surface area contributed by atoms with Gasteiger partial charge in [-0.25, -0.2) is 4.98 Å². The summed E-state index contributed by atoms with van der Waals surface area (Å²) in [6.45, 7) is 0. The second kappa shape index (κ2) is 8.50. The molecular formula is C7H15ClN6O2. The number of aromatic amines is 1. The molecule has 1 atom stereocenters. The maximum absolute atomic E-state index is 10.3. The fraction of sp³-hybridized carbons (Fsp3) is 0.286.